The SMILES string of the molecule is COc1ncc(Cl)cc1S(=O)(=O)Nc1ccc(F)c(-c2ccc3c(C(=O)NC4CCCCC4N)n[nH]c3c2F)c1F. The van der Waals surface area contributed by atoms with Crippen molar-refractivity contribution in [1.29, 1.82) is 0 Å². The van der Waals surface area contributed by atoms with Crippen LogP contribution in [0.25, 0.3) is 22.0 Å². The van der Waals surface area contributed by atoms with Crippen LogP contribution in [0.15, 0.2) is 41.4 Å². The van der Waals surface area contributed by atoms with Crippen LogP contribution in [0.2, 0.25) is 5.02 Å². The fourth-order valence-electron chi connectivity index (χ4n) is 4.83. The first-order valence-corrected chi connectivity index (χ1v) is 14.3. The maximum absolute atomic E-state index is 15.7. The standard InChI is InChI=1S/C26H24ClF3N6O4S/c1-40-26-19(10-12(27)11-32-26)41(38,39)36-18-9-8-15(28)20(22(18)30)13-6-7-14-23(21(13)29)34-35-24(14)25(37)33-17-5-3-2-4-16(17)31/h6-11,16-17,36H,2-5,31H2,1H3,(H,33,37)(H,34,35). The van der Waals surface area contributed by atoms with E-state index in [-0.39, 0.29) is 39.6 Å². The Morgan fingerprint density at radius 3 is 2.63 bits per heavy atom. The van der Waals surface area contributed by atoms with Gasteiger partial charge in [0.05, 0.1) is 23.4 Å². The Morgan fingerprint density at radius 1 is 1.15 bits per heavy atom. The molecule has 0 bridgehead atoms. The number of H-pyrrole nitrogens is 1. The molecule has 10 nitrogen and oxygen atoms in total. The van der Waals surface area contributed by atoms with E-state index in [1.807, 2.05) is 4.72 Å². The van der Waals surface area contributed by atoms with Crippen molar-refractivity contribution < 1.29 is 31.1 Å². The molecule has 15 heteroatoms. The van der Waals surface area contributed by atoms with Gasteiger partial charge in [-0.2, -0.15) is 5.10 Å². The topological polar surface area (TPSA) is 152 Å². The summed E-state index contributed by atoms with van der Waals surface area (Å²) in [4.78, 5) is 16.2. The fourth-order valence-corrected chi connectivity index (χ4v) is 6.26. The van der Waals surface area contributed by atoms with Crippen LogP contribution >= 0.6 is 11.6 Å². The Balaban J connectivity index is 1.50. The van der Waals surface area contributed by atoms with Gasteiger partial charge in [-0.25, -0.2) is 26.6 Å². The van der Waals surface area contributed by atoms with Crippen LogP contribution in [0.4, 0.5) is 18.9 Å². The van der Waals surface area contributed by atoms with Gasteiger partial charge >= 0.3 is 0 Å². The molecular formula is C26H24ClF3N6O4S. The molecule has 0 spiro atoms. The number of amides is 1. The molecule has 0 aliphatic heterocycles. The van der Waals surface area contributed by atoms with Gasteiger partial charge < -0.3 is 15.8 Å². The van der Waals surface area contributed by atoms with Crippen molar-refractivity contribution in [2.75, 3.05) is 11.8 Å². The summed E-state index contributed by atoms with van der Waals surface area (Å²) in [5, 5.41) is 9.23. The molecule has 0 saturated heterocycles. The van der Waals surface area contributed by atoms with Crippen molar-refractivity contribution in [2.24, 2.45) is 5.73 Å². The number of hydrogen-bond donors (Lipinski definition) is 4. The summed E-state index contributed by atoms with van der Waals surface area (Å²) >= 11 is 5.87. The lowest BCUT2D eigenvalue weighted by molar-refractivity contribution is 0.0917. The highest BCUT2D eigenvalue weighted by Gasteiger charge is 2.29. The summed E-state index contributed by atoms with van der Waals surface area (Å²) in [7, 11) is -3.35. The number of carbonyl (C=O) groups is 1. The molecule has 0 radical (unpaired) electrons. The number of nitrogens with one attached hydrogen (secondary N) is 3. The second kappa shape index (κ2) is 11.2. The quantitative estimate of drug-likeness (QED) is 0.241. The predicted octanol–water partition coefficient (Wildman–Crippen LogP) is 4.50. The molecule has 4 aromatic rings. The first-order valence-electron chi connectivity index (χ1n) is 12.5. The molecule has 5 N–H and O–H groups in total. The molecular weight excluding hydrogens is 585 g/mol. The maximum Gasteiger partial charge on any atom is 0.272 e. The van der Waals surface area contributed by atoms with Crippen LogP contribution in [0.1, 0.15) is 36.2 Å². The van der Waals surface area contributed by atoms with Crippen molar-refractivity contribution in [1.82, 2.24) is 20.5 Å². The first-order chi connectivity index (χ1) is 19.5. The number of benzene rings is 2. The van der Waals surface area contributed by atoms with E-state index in [2.05, 4.69) is 20.5 Å². The van der Waals surface area contributed by atoms with Gasteiger partial charge in [-0.05, 0) is 37.1 Å². The van der Waals surface area contributed by atoms with E-state index in [0.29, 0.717) is 6.42 Å². The minimum Gasteiger partial charge on any atom is -0.480 e. The first kappa shape index (κ1) is 28.6. The molecule has 1 amide bonds. The van der Waals surface area contributed by atoms with Gasteiger partial charge in [-0.3, -0.25) is 14.6 Å². The van der Waals surface area contributed by atoms with E-state index in [0.717, 1.165) is 49.7 Å². The van der Waals surface area contributed by atoms with Crippen LogP contribution in [-0.4, -0.2) is 48.7 Å². The average Bonchev–Trinajstić information content (AvgIpc) is 3.38. The van der Waals surface area contributed by atoms with E-state index in [1.54, 1.807) is 0 Å². The number of nitrogens with two attached hydrogens (primary N) is 1. The lowest BCUT2D eigenvalue weighted by Crippen LogP contribution is -2.49. The third-order valence-corrected chi connectivity index (χ3v) is 8.47. The smallest absolute Gasteiger partial charge is 0.272 e. The van der Waals surface area contributed by atoms with Crippen LogP contribution in [0, 0.1) is 17.5 Å². The highest BCUT2D eigenvalue weighted by atomic mass is 35.5. The molecule has 2 atom stereocenters. The second-order valence-corrected chi connectivity index (χ2v) is 11.6. The fraction of sp³-hybridized carbons (Fsp3) is 0.269. The summed E-state index contributed by atoms with van der Waals surface area (Å²) in [6.45, 7) is 0. The van der Waals surface area contributed by atoms with E-state index < -0.39 is 55.1 Å². The molecule has 41 heavy (non-hydrogen) atoms. The molecule has 2 aromatic carbocycles. The van der Waals surface area contributed by atoms with Crippen LogP contribution in [0.5, 0.6) is 5.88 Å². The molecule has 1 fully saturated rings. The highest BCUT2D eigenvalue weighted by Crippen LogP contribution is 2.36. The van der Waals surface area contributed by atoms with Crippen molar-refractivity contribution in [2.45, 2.75) is 42.7 Å². The Labute approximate surface area is 237 Å². The number of pyridine rings is 1. The van der Waals surface area contributed by atoms with Gasteiger partial charge in [0.2, 0.25) is 5.88 Å². The zero-order valence-corrected chi connectivity index (χ0v) is 23.0. The molecule has 5 rings (SSSR count). The lowest BCUT2D eigenvalue weighted by atomic mass is 9.91. The van der Waals surface area contributed by atoms with E-state index >= 15 is 8.78 Å². The zero-order valence-electron chi connectivity index (χ0n) is 21.5. The normalized spacial score (nSPS) is 17.4. The van der Waals surface area contributed by atoms with Crippen LogP contribution in [-0.2, 0) is 10.0 Å². The molecule has 2 heterocycles. The summed E-state index contributed by atoms with van der Waals surface area (Å²) in [5.74, 6) is -4.52. The number of rotatable bonds is 7. The van der Waals surface area contributed by atoms with Crippen molar-refractivity contribution >= 4 is 44.1 Å². The van der Waals surface area contributed by atoms with Crippen molar-refractivity contribution in [3.05, 3.63) is 64.7 Å². The third-order valence-electron chi connectivity index (χ3n) is 6.90. The van der Waals surface area contributed by atoms with Gasteiger partial charge in [0, 0.05) is 29.2 Å². The zero-order chi connectivity index (χ0) is 29.5. The molecule has 2 unspecified atom stereocenters. The van der Waals surface area contributed by atoms with E-state index in [1.165, 1.54) is 13.2 Å². The summed E-state index contributed by atoms with van der Waals surface area (Å²) in [5.41, 5.74) is 3.70. The van der Waals surface area contributed by atoms with Crippen molar-refractivity contribution in [3.63, 3.8) is 0 Å². The number of carbonyl (C=O) groups excluding carboxylic acids is 1. The van der Waals surface area contributed by atoms with Gasteiger partial charge in [0.1, 0.15) is 11.3 Å². The maximum atomic E-state index is 15.7. The number of sulfonamides is 1. The van der Waals surface area contributed by atoms with Gasteiger partial charge in [0.15, 0.2) is 22.2 Å². The number of halogens is 4. The summed E-state index contributed by atoms with van der Waals surface area (Å²) < 4.78 is 79.2. The Morgan fingerprint density at radius 2 is 1.90 bits per heavy atom. The number of anilines is 1. The lowest BCUT2D eigenvalue weighted by Gasteiger charge is -2.29. The van der Waals surface area contributed by atoms with Crippen molar-refractivity contribution in [3.8, 4) is 17.0 Å². The van der Waals surface area contributed by atoms with Gasteiger partial charge in [0.25, 0.3) is 15.9 Å². The minimum atomic E-state index is -4.53. The summed E-state index contributed by atoms with van der Waals surface area (Å²) in [6.07, 6.45) is 4.50. The van der Waals surface area contributed by atoms with Gasteiger partial charge in [-0.15, -0.1) is 0 Å². The minimum absolute atomic E-state index is 0.0315. The Hall–Kier alpha value is -3.88. The van der Waals surface area contributed by atoms with E-state index in [9.17, 15) is 17.6 Å². The van der Waals surface area contributed by atoms with Crippen LogP contribution in [0.3, 0.4) is 0 Å². The number of hydrogen-bond acceptors (Lipinski definition) is 7. The van der Waals surface area contributed by atoms with Crippen LogP contribution < -0.4 is 20.5 Å². The molecule has 1 saturated carbocycles. The third kappa shape index (κ3) is 5.42. The predicted molar refractivity (Wildman–Crippen MR) is 146 cm³/mol. The second-order valence-electron chi connectivity index (χ2n) is 9.50. The number of aromatic nitrogens is 3. The number of nitrogens with zero attached hydrogens (tertiary/aromatic N) is 2. The number of aromatic amines is 1. The Kier molecular flexibility index (Phi) is 7.81. The largest absolute Gasteiger partial charge is 0.480 e. The molecule has 1 aliphatic rings. The molecule has 2 aromatic heterocycles. The average molecular weight is 609 g/mol. The number of ether oxygens (including phenoxy) is 1. The highest BCUT2D eigenvalue weighted by molar-refractivity contribution is 7.92. The Bertz CT molecular complexity index is 1770. The summed E-state index contributed by atoms with van der Waals surface area (Å²) in [6, 6.07) is 4.58. The molecule has 216 valence electrons. The molecule has 1 aliphatic carbocycles. The number of methoxy groups -OCH3 is 1. The van der Waals surface area contributed by atoms with Gasteiger partial charge in [-0.1, -0.05) is 30.5 Å². The van der Waals surface area contributed by atoms with E-state index in [4.69, 9.17) is 22.1 Å². The number of fused-ring (bicyclic) bond motifs is 1. The monoisotopic (exact) mass is 608 g/mol.